The first-order valence-corrected chi connectivity index (χ1v) is 11.8. The highest BCUT2D eigenvalue weighted by Gasteiger charge is 2.30. The van der Waals surface area contributed by atoms with E-state index < -0.39 is 22.0 Å². The zero-order valence-corrected chi connectivity index (χ0v) is 19.2. The number of ether oxygens (including phenoxy) is 1. The molecular formula is C22H29N3O5S. The number of carbonyl (C=O) groups excluding carboxylic acids is 2. The van der Waals surface area contributed by atoms with E-state index in [-0.39, 0.29) is 11.9 Å². The molecule has 0 bridgehead atoms. The summed E-state index contributed by atoms with van der Waals surface area (Å²) in [6.45, 7) is 5.33. The van der Waals surface area contributed by atoms with Crippen LogP contribution >= 0.6 is 0 Å². The largest absolute Gasteiger partial charge is 0.497 e. The third-order valence-electron chi connectivity index (χ3n) is 4.82. The zero-order chi connectivity index (χ0) is 23.2. The first-order chi connectivity index (χ1) is 14.6. The van der Waals surface area contributed by atoms with Crippen molar-refractivity contribution in [1.82, 2.24) is 5.32 Å². The Kier molecular flexibility index (Phi) is 8.04. The molecule has 0 saturated heterocycles. The number of rotatable bonds is 9. The lowest BCUT2D eigenvalue weighted by atomic mass is 10.1. The van der Waals surface area contributed by atoms with E-state index in [4.69, 9.17) is 4.74 Å². The van der Waals surface area contributed by atoms with Gasteiger partial charge < -0.3 is 15.4 Å². The van der Waals surface area contributed by atoms with Gasteiger partial charge in [0.05, 0.1) is 30.3 Å². The minimum absolute atomic E-state index is 0.0241. The Bertz CT molecular complexity index is 1040. The number of carbonyl (C=O) groups is 2. The lowest BCUT2D eigenvalue weighted by Crippen LogP contribution is -2.45. The van der Waals surface area contributed by atoms with Gasteiger partial charge in [0.25, 0.3) is 5.91 Å². The number of nitrogens with zero attached hydrogens (tertiary/aromatic N) is 1. The van der Waals surface area contributed by atoms with Gasteiger partial charge >= 0.3 is 0 Å². The Labute approximate surface area is 183 Å². The summed E-state index contributed by atoms with van der Waals surface area (Å²) in [4.78, 5) is 25.6. The Morgan fingerprint density at radius 2 is 1.77 bits per heavy atom. The third-order valence-corrected chi connectivity index (χ3v) is 6.06. The van der Waals surface area contributed by atoms with E-state index in [1.807, 2.05) is 13.8 Å². The molecule has 2 aromatic rings. The quantitative estimate of drug-likeness (QED) is 0.615. The summed E-state index contributed by atoms with van der Waals surface area (Å²) in [5.74, 6) is -0.423. The summed E-state index contributed by atoms with van der Waals surface area (Å²) < 4.78 is 31.2. The number of hydrogen-bond donors (Lipinski definition) is 2. The summed E-state index contributed by atoms with van der Waals surface area (Å²) in [5, 5.41) is 5.56. The first-order valence-electron chi connectivity index (χ1n) is 9.92. The van der Waals surface area contributed by atoms with Crippen molar-refractivity contribution in [1.29, 1.82) is 0 Å². The van der Waals surface area contributed by atoms with Crippen molar-refractivity contribution in [2.45, 2.75) is 39.3 Å². The van der Waals surface area contributed by atoms with E-state index in [9.17, 15) is 18.0 Å². The van der Waals surface area contributed by atoms with E-state index >= 15 is 0 Å². The fraction of sp³-hybridized carbons (Fsp3) is 0.364. The molecule has 2 aromatic carbocycles. The Morgan fingerprint density at radius 3 is 2.39 bits per heavy atom. The van der Waals surface area contributed by atoms with Crippen molar-refractivity contribution in [3.8, 4) is 5.75 Å². The molecule has 0 heterocycles. The number of methoxy groups -OCH3 is 1. The molecule has 8 nitrogen and oxygen atoms in total. The number of anilines is 2. The minimum atomic E-state index is -3.79. The van der Waals surface area contributed by atoms with Gasteiger partial charge in [0.2, 0.25) is 15.9 Å². The van der Waals surface area contributed by atoms with Gasteiger partial charge in [0.1, 0.15) is 11.8 Å². The number of sulfonamides is 1. The van der Waals surface area contributed by atoms with E-state index in [2.05, 4.69) is 10.6 Å². The average molecular weight is 448 g/mol. The van der Waals surface area contributed by atoms with Crippen molar-refractivity contribution in [3.63, 3.8) is 0 Å². The molecular weight excluding hydrogens is 418 g/mol. The molecule has 168 valence electrons. The summed E-state index contributed by atoms with van der Waals surface area (Å²) in [6.07, 6.45) is 1.80. The lowest BCUT2D eigenvalue weighted by Gasteiger charge is -2.28. The molecule has 2 N–H and O–H groups in total. The van der Waals surface area contributed by atoms with E-state index in [1.54, 1.807) is 48.5 Å². The van der Waals surface area contributed by atoms with E-state index in [0.717, 1.165) is 17.0 Å². The molecule has 0 aliphatic heterocycles. The number of benzene rings is 2. The van der Waals surface area contributed by atoms with Crippen LogP contribution in [0.1, 0.15) is 37.6 Å². The SMILES string of the molecule is CC[C@@H](C)NC(=O)c1ccccc1NC(=O)[C@H](C)N(c1cccc(OC)c1)S(C)(=O)=O. The Morgan fingerprint density at radius 1 is 1.10 bits per heavy atom. The van der Waals surface area contributed by atoms with Gasteiger partial charge in [-0.15, -0.1) is 0 Å². The maximum atomic E-state index is 13.0. The summed E-state index contributed by atoms with van der Waals surface area (Å²) in [5.41, 5.74) is 0.905. The maximum absolute atomic E-state index is 13.0. The van der Waals surface area contributed by atoms with Crippen LogP contribution in [0.2, 0.25) is 0 Å². The van der Waals surface area contributed by atoms with Crippen LogP contribution < -0.4 is 19.7 Å². The average Bonchev–Trinajstić information content (AvgIpc) is 2.73. The number of hydrogen-bond acceptors (Lipinski definition) is 5. The summed E-state index contributed by atoms with van der Waals surface area (Å²) in [7, 11) is -2.31. The standard InChI is InChI=1S/C22H29N3O5S/c1-6-15(2)23-22(27)19-12-7-8-13-20(19)24-21(26)16(3)25(31(5,28)29)17-10-9-11-18(14-17)30-4/h7-16H,6H2,1-5H3,(H,23,27)(H,24,26)/t15-,16+/m1/s1. The van der Waals surface area contributed by atoms with Crippen LogP contribution in [0.5, 0.6) is 5.75 Å². The molecule has 0 saturated carbocycles. The third kappa shape index (κ3) is 6.21. The highest BCUT2D eigenvalue weighted by atomic mass is 32.2. The van der Waals surface area contributed by atoms with E-state index in [0.29, 0.717) is 22.7 Å². The van der Waals surface area contributed by atoms with Crippen molar-refractivity contribution in [2.75, 3.05) is 23.0 Å². The molecule has 0 spiro atoms. The van der Waals surface area contributed by atoms with Crippen LogP contribution in [0.4, 0.5) is 11.4 Å². The highest BCUT2D eigenvalue weighted by molar-refractivity contribution is 7.92. The molecule has 2 amide bonds. The second-order valence-electron chi connectivity index (χ2n) is 7.25. The van der Waals surface area contributed by atoms with Crippen LogP contribution in [0.3, 0.4) is 0 Å². The predicted octanol–water partition coefficient (Wildman–Crippen LogP) is 3.02. The molecule has 31 heavy (non-hydrogen) atoms. The molecule has 9 heteroatoms. The van der Waals surface area contributed by atoms with Crippen LogP contribution in [-0.4, -0.2) is 45.7 Å². The van der Waals surface area contributed by atoms with Crippen molar-refractivity contribution < 1.29 is 22.7 Å². The predicted molar refractivity (Wildman–Crippen MR) is 122 cm³/mol. The van der Waals surface area contributed by atoms with Crippen molar-refractivity contribution in [2.24, 2.45) is 0 Å². The molecule has 2 rings (SSSR count). The Balaban J connectivity index is 2.32. The topological polar surface area (TPSA) is 105 Å². The monoisotopic (exact) mass is 447 g/mol. The van der Waals surface area contributed by atoms with Crippen molar-refractivity contribution >= 4 is 33.2 Å². The maximum Gasteiger partial charge on any atom is 0.253 e. The number of para-hydroxylation sites is 1. The van der Waals surface area contributed by atoms with Gasteiger partial charge in [-0.05, 0) is 44.5 Å². The fourth-order valence-electron chi connectivity index (χ4n) is 2.99. The summed E-state index contributed by atoms with van der Waals surface area (Å²) >= 11 is 0. The second kappa shape index (κ2) is 10.3. The van der Waals surface area contributed by atoms with Gasteiger partial charge in [0.15, 0.2) is 0 Å². The van der Waals surface area contributed by atoms with Gasteiger partial charge in [-0.25, -0.2) is 8.42 Å². The van der Waals surface area contributed by atoms with Gasteiger partial charge in [0, 0.05) is 12.1 Å². The van der Waals surface area contributed by atoms with Crippen LogP contribution in [0, 0.1) is 0 Å². The number of nitrogens with one attached hydrogen (secondary N) is 2. The Hall–Kier alpha value is -3.07. The number of amides is 2. The lowest BCUT2D eigenvalue weighted by molar-refractivity contribution is -0.116. The normalized spacial score (nSPS) is 13.1. The minimum Gasteiger partial charge on any atom is -0.497 e. The summed E-state index contributed by atoms with van der Waals surface area (Å²) in [6, 6.07) is 11.9. The zero-order valence-electron chi connectivity index (χ0n) is 18.4. The van der Waals surface area contributed by atoms with Crippen LogP contribution in [0.15, 0.2) is 48.5 Å². The molecule has 0 aliphatic carbocycles. The highest BCUT2D eigenvalue weighted by Crippen LogP contribution is 2.26. The molecule has 2 atom stereocenters. The van der Waals surface area contributed by atoms with Gasteiger partial charge in [-0.1, -0.05) is 25.1 Å². The van der Waals surface area contributed by atoms with Crippen LogP contribution in [-0.2, 0) is 14.8 Å². The molecule has 0 unspecified atom stereocenters. The van der Waals surface area contributed by atoms with Crippen molar-refractivity contribution in [3.05, 3.63) is 54.1 Å². The van der Waals surface area contributed by atoms with Gasteiger partial charge in [-0.3, -0.25) is 13.9 Å². The first kappa shape index (κ1) is 24.2. The van der Waals surface area contributed by atoms with Crippen LogP contribution in [0.25, 0.3) is 0 Å². The molecule has 0 aliphatic rings. The smallest absolute Gasteiger partial charge is 0.253 e. The molecule has 0 radical (unpaired) electrons. The molecule has 0 aromatic heterocycles. The fourth-order valence-corrected chi connectivity index (χ4v) is 4.15. The van der Waals surface area contributed by atoms with E-state index in [1.165, 1.54) is 14.0 Å². The second-order valence-corrected chi connectivity index (χ2v) is 9.11. The van der Waals surface area contributed by atoms with Gasteiger partial charge in [-0.2, -0.15) is 0 Å². The molecule has 0 fully saturated rings.